The maximum Gasteiger partial charge on any atom is 0.234 e. The minimum absolute atomic E-state index is 0.179. The molecule has 0 spiro atoms. The fourth-order valence-corrected chi connectivity index (χ4v) is 6.63. The van der Waals surface area contributed by atoms with Gasteiger partial charge in [0.2, 0.25) is 11.8 Å². The molecule has 2 N–H and O–H groups in total. The number of aliphatic hydroxyl groups is 1. The SMILES string of the molecule is CC1(C)CN(Cc2ccc(C3(C#N)CC3)c(F)c2)CC[C@]1(O)c1ccc2ncc([C@H]3CCC(=O)NC3=O)cc2c1F. The van der Waals surface area contributed by atoms with Crippen molar-refractivity contribution < 1.29 is 23.5 Å². The lowest BCUT2D eigenvalue weighted by molar-refractivity contribution is -0.134. The monoisotopic (exact) mass is 558 g/mol. The summed E-state index contributed by atoms with van der Waals surface area (Å²) in [6.07, 6.45) is 3.70. The quantitative estimate of drug-likeness (QED) is 0.440. The summed E-state index contributed by atoms with van der Waals surface area (Å²) in [5.74, 6) is -2.27. The number of hydrogen-bond donors (Lipinski definition) is 2. The van der Waals surface area contributed by atoms with E-state index in [1.54, 1.807) is 30.5 Å². The van der Waals surface area contributed by atoms with Crippen LogP contribution in [0.1, 0.15) is 74.1 Å². The van der Waals surface area contributed by atoms with Crippen molar-refractivity contribution in [3.8, 4) is 6.07 Å². The summed E-state index contributed by atoms with van der Waals surface area (Å²) < 4.78 is 31.1. The maximum absolute atomic E-state index is 16.2. The number of benzene rings is 2. The second kappa shape index (κ2) is 9.68. The second-order valence-corrected chi connectivity index (χ2v) is 12.5. The Bertz CT molecular complexity index is 1630. The van der Waals surface area contributed by atoms with E-state index in [-0.39, 0.29) is 35.5 Å². The molecule has 3 heterocycles. The summed E-state index contributed by atoms with van der Waals surface area (Å²) >= 11 is 0. The average Bonchev–Trinajstić information content (AvgIpc) is 3.72. The highest BCUT2D eigenvalue weighted by Crippen LogP contribution is 2.49. The number of likely N-dealkylation sites (tertiary alicyclic amines) is 1. The minimum Gasteiger partial charge on any atom is -0.384 e. The van der Waals surface area contributed by atoms with Crippen LogP contribution >= 0.6 is 0 Å². The molecule has 0 unspecified atom stereocenters. The molecule has 0 bridgehead atoms. The Morgan fingerprint density at radius 1 is 1.12 bits per heavy atom. The average molecular weight is 559 g/mol. The fraction of sp³-hybridized carbons (Fsp3) is 0.438. The van der Waals surface area contributed by atoms with Crippen LogP contribution in [0.25, 0.3) is 10.9 Å². The Labute approximate surface area is 237 Å². The lowest BCUT2D eigenvalue weighted by Crippen LogP contribution is -2.55. The zero-order chi connectivity index (χ0) is 29.2. The molecular formula is C32H32F2N4O3. The molecule has 2 aromatic carbocycles. The topological polar surface area (TPSA) is 106 Å². The van der Waals surface area contributed by atoms with E-state index in [0.717, 1.165) is 5.56 Å². The van der Waals surface area contributed by atoms with Gasteiger partial charge in [0.25, 0.3) is 0 Å². The maximum atomic E-state index is 16.2. The number of nitrogens with zero attached hydrogens (tertiary/aromatic N) is 3. The first kappa shape index (κ1) is 27.4. The number of piperidine rings is 2. The molecule has 2 saturated heterocycles. The molecule has 9 heteroatoms. The number of nitrogens with one attached hydrogen (secondary N) is 1. The van der Waals surface area contributed by atoms with E-state index in [1.165, 1.54) is 6.07 Å². The summed E-state index contributed by atoms with van der Waals surface area (Å²) in [5.41, 5.74) is -0.564. The number of carbonyl (C=O) groups excluding carboxylic acids is 2. The Hall–Kier alpha value is -3.74. The normalized spacial score (nSPS) is 25.5. The fourth-order valence-electron chi connectivity index (χ4n) is 6.63. The summed E-state index contributed by atoms with van der Waals surface area (Å²) in [7, 11) is 0. The molecule has 1 saturated carbocycles. The number of hydrogen-bond acceptors (Lipinski definition) is 6. The van der Waals surface area contributed by atoms with Crippen molar-refractivity contribution in [2.45, 2.75) is 69.4 Å². The van der Waals surface area contributed by atoms with Crippen molar-refractivity contribution in [3.63, 3.8) is 0 Å². The molecule has 0 radical (unpaired) electrons. The minimum atomic E-state index is -1.48. The van der Waals surface area contributed by atoms with Crippen LogP contribution in [0.15, 0.2) is 42.6 Å². The molecule has 1 aromatic heterocycles. The van der Waals surface area contributed by atoms with E-state index < -0.39 is 34.1 Å². The van der Waals surface area contributed by atoms with Gasteiger partial charge >= 0.3 is 0 Å². The predicted octanol–water partition coefficient (Wildman–Crippen LogP) is 4.71. The smallest absolute Gasteiger partial charge is 0.234 e. The van der Waals surface area contributed by atoms with Gasteiger partial charge in [-0.15, -0.1) is 0 Å². The van der Waals surface area contributed by atoms with Gasteiger partial charge in [-0.2, -0.15) is 5.26 Å². The van der Waals surface area contributed by atoms with Crippen LogP contribution < -0.4 is 5.32 Å². The van der Waals surface area contributed by atoms with Gasteiger partial charge in [-0.3, -0.25) is 24.8 Å². The number of carbonyl (C=O) groups is 2. The molecule has 41 heavy (non-hydrogen) atoms. The van der Waals surface area contributed by atoms with Gasteiger partial charge in [-0.05, 0) is 55.0 Å². The number of fused-ring (bicyclic) bond motifs is 1. The van der Waals surface area contributed by atoms with Gasteiger partial charge in [0.15, 0.2) is 0 Å². The van der Waals surface area contributed by atoms with Crippen LogP contribution in [0, 0.1) is 28.4 Å². The summed E-state index contributed by atoms with van der Waals surface area (Å²) in [6, 6.07) is 12.2. The molecule has 2 atom stereocenters. The molecule has 7 nitrogen and oxygen atoms in total. The van der Waals surface area contributed by atoms with Crippen molar-refractivity contribution in [2.24, 2.45) is 5.41 Å². The van der Waals surface area contributed by atoms with Gasteiger partial charge in [0.05, 0.1) is 28.5 Å². The molecule has 3 aromatic rings. The van der Waals surface area contributed by atoms with Crippen LogP contribution in [0.5, 0.6) is 0 Å². The molecule has 3 aliphatic rings. The Balaban J connectivity index is 1.24. The molecule has 6 rings (SSSR count). The van der Waals surface area contributed by atoms with Crippen LogP contribution in [-0.2, 0) is 27.1 Å². The summed E-state index contributed by atoms with van der Waals surface area (Å²) in [6.45, 7) is 5.18. The third kappa shape index (κ3) is 4.59. The first-order chi connectivity index (χ1) is 19.5. The number of pyridine rings is 1. The molecule has 2 aliphatic heterocycles. The van der Waals surface area contributed by atoms with Crippen molar-refractivity contribution >= 4 is 22.7 Å². The molecule has 212 valence electrons. The highest BCUT2D eigenvalue weighted by molar-refractivity contribution is 6.01. The van der Waals surface area contributed by atoms with Gasteiger partial charge in [-0.1, -0.05) is 32.0 Å². The second-order valence-electron chi connectivity index (χ2n) is 12.5. The summed E-state index contributed by atoms with van der Waals surface area (Å²) in [5, 5.41) is 24.0. The first-order valence-corrected chi connectivity index (χ1v) is 14.0. The van der Waals surface area contributed by atoms with E-state index in [2.05, 4.69) is 21.3 Å². The van der Waals surface area contributed by atoms with Gasteiger partial charge in [0, 0.05) is 54.2 Å². The zero-order valence-electron chi connectivity index (χ0n) is 23.1. The molecule has 1 aliphatic carbocycles. The van der Waals surface area contributed by atoms with Crippen molar-refractivity contribution in [2.75, 3.05) is 13.1 Å². The van der Waals surface area contributed by atoms with Crippen LogP contribution in [-0.4, -0.2) is 39.9 Å². The van der Waals surface area contributed by atoms with Crippen molar-refractivity contribution in [1.29, 1.82) is 5.26 Å². The Morgan fingerprint density at radius 2 is 1.88 bits per heavy atom. The number of nitriles is 1. The third-order valence-electron chi connectivity index (χ3n) is 9.36. The Morgan fingerprint density at radius 3 is 2.54 bits per heavy atom. The van der Waals surface area contributed by atoms with E-state index in [1.807, 2.05) is 19.9 Å². The standard InChI is InChI=1S/C32H32F2N4O3/c1-30(2)18-38(16-19-3-5-23(25(33)13-19)31(17-35)9-10-31)12-11-32(30,41)24-6-7-26-22(28(24)34)14-20(15-36-26)21-4-8-27(39)37-29(21)40/h3,5-7,13-15,21,41H,4,8-12,16,18H2,1-2H3,(H,37,39,40)/t21-,32+/m1/s1. The van der Waals surface area contributed by atoms with E-state index >= 15 is 4.39 Å². The lowest BCUT2D eigenvalue weighted by atomic mass is 9.66. The van der Waals surface area contributed by atoms with E-state index in [0.29, 0.717) is 55.5 Å². The van der Waals surface area contributed by atoms with Crippen LogP contribution in [0.4, 0.5) is 8.78 Å². The van der Waals surface area contributed by atoms with E-state index in [4.69, 9.17) is 0 Å². The molecule has 3 fully saturated rings. The van der Waals surface area contributed by atoms with Crippen molar-refractivity contribution in [1.82, 2.24) is 15.2 Å². The van der Waals surface area contributed by atoms with Gasteiger partial charge in [-0.25, -0.2) is 8.78 Å². The van der Waals surface area contributed by atoms with Crippen molar-refractivity contribution in [3.05, 3.63) is 76.5 Å². The predicted molar refractivity (Wildman–Crippen MR) is 147 cm³/mol. The highest BCUT2D eigenvalue weighted by atomic mass is 19.1. The largest absolute Gasteiger partial charge is 0.384 e. The number of amides is 2. The molecular weight excluding hydrogens is 526 g/mol. The molecule has 2 amide bonds. The Kier molecular flexibility index (Phi) is 6.47. The number of imide groups is 1. The number of halogens is 2. The third-order valence-corrected chi connectivity index (χ3v) is 9.36. The van der Waals surface area contributed by atoms with Crippen LogP contribution in [0.2, 0.25) is 0 Å². The van der Waals surface area contributed by atoms with Gasteiger partial charge in [0.1, 0.15) is 11.6 Å². The summed E-state index contributed by atoms with van der Waals surface area (Å²) in [4.78, 5) is 30.5. The van der Waals surface area contributed by atoms with Gasteiger partial charge < -0.3 is 5.11 Å². The number of aromatic nitrogens is 1. The van der Waals surface area contributed by atoms with E-state index in [9.17, 15) is 24.3 Å². The number of rotatable bonds is 5. The first-order valence-electron chi connectivity index (χ1n) is 14.0. The lowest BCUT2D eigenvalue weighted by Gasteiger charge is -2.50. The van der Waals surface area contributed by atoms with Crippen LogP contribution in [0.3, 0.4) is 0 Å². The highest BCUT2D eigenvalue weighted by Gasteiger charge is 2.50. The zero-order valence-corrected chi connectivity index (χ0v) is 23.1.